The first kappa shape index (κ1) is 18.8. The van der Waals surface area contributed by atoms with Crippen molar-refractivity contribution in [2.75, 3.05) is 31.6 Å². The highest BCUT2D eigenvalue weighted by molar-refractivity contribution is 5.94. The summed E-state index contributed by atoms with van der Waals surface area (Å²) in [6.07, 6.45) is 3.36. The summed E-state index contributed by atoms with van der Waals surface area (Å²) < 4.78 is 5.73. The fourth-order valence-electron chi connectivity index (χ4n) is 2.96. The number of hydrogen-bond acceptors (Lipinski definition) is 5. The molecule has 0 unspecified atom stereocenters. The van der Waals surface area contributed by atoms with Crippen molar-refractivity contribution >= 4 is 23.1 Å². The van der Waals surface area contributed by atoms with Gasteiger partial charge in [0.1, 0.15) is 11.3 Å². The average Bonchev–Trinajstić information content (AvgIpc) is 3.14. The molecular weight excluding hydrogens is 342 g/mol. The molecule has 0 saturated carbocycles. The summed E-state index contributed by atoms with van der Waals surface area (Å²) in [5.41, 5.74) is 3.11. The average molecular weight is 367 g/mol. The van der Waals surface area contributed by atoms with Crippen LogP contribution < -0.4 is 10.1 Å². The number of para-hydroxylation sites is 1. The van der Waals surface area contributed by atoms with E-state index in [1.54, 1.807) is 6.20 Å². The van der Waals surface area contributed by atoms with E-state index in [4.69, 9.17) is 4.74 Å². The maximum Gasteiger partial charge on any atom is 0.213 e. The Bertz CT molecular complexity index is 872. The van der Waals surface area contributed by atoms with Gasteiger partial charge in [-0.15, -0.1) is 0 Å². The maximum absolute atomic E-state index is 10.7. The summed E-state index contributed by atoms with van der Waals surface area (Å²) in [6, 6.07) is 9.38. The number of carbonyl (C=O) groups excluding carboxylic acids is 1. The fourth-order valence-corrected chi connectivity index (χ4v) is 2.96. The number of fused-ring (bicyclic) bond motifs is 1. The minimum absolute atomic E-state index is 0.609. The molecule has 0 spiro atoms. The van der Waals surface area contributed by atoms with Gasteiger partial charge in [-0.05, 0) is 37.7 Å². The quantitative estimate of drug-likeness (QED) is 0.424. The van der Waals surface area contributed by atoms with Gasteiger partial charge in [0.25, 0.3) is 0 Å². The predicted octanol–water partition coefficient (Wildman–Crippen LogP) is 3.30. The van der Waals surface area contributed by atoms with Gasteiger partial charge >= 0.3 is 0 Å². The third-order valence-electron chi connectivity index (χ3n) is 4.50. The largest absolute Gasteiger partial charge is 0.478 e. The number of anilines is 1. The zero-order valence-corrected chi connectivity index (χ0v) is 15.7. The molecule has 0 aliphatic carbocycles. The Balaban J connectivity index is 1.64. The van der Waals surface area contributed by atoms with Crippen LogP contribution in [0.4, 0.5) is 5.69 Å². The molecule has 7 nitrogen and oxygen atoms in total. The number of nitrogens with zero attached hydrogens (tertiary/aromatic N) is 3. The van der Waals surface area contributed by atoms with Gasteiger partial charge in [-0.25, -0.2) is 9.97 Å². The van der Waals surface area contributed by atoms with Crippen LogP contribution in [-0.4, -0.2) is 52.5 Å². The number of H-pyrrole nitrogens is 1. The fraction of sp³-hybridized carbons (Fsp3) is 0.350. The van der Waals surface area contributed by atoms with E-state index < -0.39 is 0 Å². The number of pyridine rings is 1. The lowest BCUT2D eigenvalue weighted by atomic mass is 10.3. The zero-order valence-electron chi connectivity index (χ0n) is 15.7. The van der Waals surface area contributed by atoms with Crippen molar-refractivity contribution in [3.63, 3.8) is 0 Å². The molecule has 2 N–H and O–H groups in total. The van der Waals surface area contributed by atoms with Crippen molar-refractivity contribution in [3.8, 4) is 17.3 Å². The molecule has 0 fully saturated rings. The molecule has 3 aromatic rings. The first-order chi connectivity index (χ1) is 13.2. The monoisotopic (exact) mass is 367 g/mol. The second-order valence-corrected chi connectivity index (χ2v) is 6.16. The van der Waals surface area contributed by atoms with E-state index in [1.807, 2.05) is 30.3 Å². The zero-order chi connectivity index (χ0) is 19.1. The summed E-state index contributed by atoms with van der Waals surface area (Å²) in [7, 11) is 0. The van der Waals surface area contributed by atoms with Crippen molar-refractivity contribution in [1.29, 1.82) is 0 Å². The Labute approximate surface area is 158 Å². The van der Waals surface area contributed by atoms with E-state index in [0.29, 0.717) is 30.4 Å². The highest BCUT2D eigenvalue weighted by Gasteiger charge is 2.09. The predicted molar refractivity (Wildman–Crippen MR) is 107 cm³/mol. The molecule has 0 aliphatic heterocycles. The molecule has 7 heteroatoms. The Morgan fingerprint density at radius 3 is 2.78 bits per heavy atom. The SMILES string of the molecule is CCN(CC)CCCOc1ccc(-c2nc3c(NC=O)cccc3[nH]2)cn1. The number of rotatable bonds is 10. The number of aromatic amines is 1. The lowest BCUT2D eigenvalue weighted by Gasteiger charge is -2.17. The van der Waals surface area contributed by atoms with Crippen LogP contribution in [-0.2, 0) is 4.79 Å². The number of nitrogens with one attached hydrogen (secondary N) is 2. The third kappa shape index (κ3) is 4.62. The summed E-state index contributed by atoms with van der Waals surface area (Å²) in [6.45, 7) is 8.13. The van der Waals surface area contributed by atoms with Crippen LogP contribution in [0.2, 0.25) is 0 Å². The van der Waals surface area contributed by atoms with Gasteiger partial charge in [0.15, 0.2) is 0 Å². The standard InChI is InChI=1S/C20H25N5O2/c1-3-25(4-2)11-6-12-27-18-10-9-15(13-21-18)20-23-17-8-5-7-16(22-14-26)19(17)24-20/h5,7-10,13-14H,3-4,6,11-12H2,1-2H3,(H,22,26)(H,23,24). The first-order valence-corrected chi connectivity index (χ1v) is 9.25. The van der Waals surface area contributed by atoms with Crippen molar-refractivity contribution in [2.45, 2.75) is 20.3 Å². The van der Waals surface area contributed by atoms with Crippen LogP contribution in [0, 0.1) is 0 Å². The number of amides is 1. The molecular formula is C20H25N5O2. The van der Waals surface area contributed by atoms with Crippen molar-refractivity contribution in [2.24, 2.45) is 0 Å². The normalized spacial score (nSPS) is 11.1. The summed E-state index contributed by atoms with van der Waals surface area (Å²) in [5, 5.41) is 2.67. The molecule has 1 amide bonds. The number of hydrogen-bond donors (Lipinski definition) is 2. The lowest BCUT2D eigenvalue weighted by Crippen LogP contribution is -2.25. The second-order valence-electron chi connectivity index (χ2n) is 6.16. The third-order valence-corrected chi connectivity index (χ3v) is 4.50. The highest BCUT2D eigenvalue weighted by atomic mass is 16.5. The van der Waals surface area contributed by atoms with Crippen molar-refractivity contribution < 1.29 is 9.53 Å². The maximum atomic E-state index is 10.7. The summed E-state index contributed by atoms with van der Waals surface area (Å²) in [4.78, 5) is 25.3. The van der Waals surface area contributed by atoms with E-state index in [2.05, 4.69) is 39.0 Å². The number of aromatic nitrogens is 3. The number of carbonyl (C=O) groups is 1. The summed E-state index contributed by atoms with van der Waals surface area (Å²) in [5.74, 6) is 1.31. The first-order valence-electron chi connectivity index (χ1n) is 9.25. The molecule has 0 bridgehead atoms. The highest BCUT2D eigenvalue weighted by Crippen LogP contribution is 2.25. The Hall–Kier alpha value is -2.93. The number of imidazole rings is 1. The van der Waals surface area contributed by atoms with Crippen LogP contribution in [0.15, 0.2) is 36.5 Å². The molecule has 0 radical (unpaired) electrons. The Morgan fingerprint density at radius 2 is 2.07 bits per heavy atom. The molecule has 2 heterocycles. The molecule has 27 heavy (non-hydrogen) atoms. The van der Waals surface area contributed by atoms with E-state index in [-0.39, 0.29) is 0 Å². The minimum atomic E-state index is 0.609. The number of ether oxygens (including phenoxy) is 1. The molecule has 142 valence electrons. The number of benzene rings is 1. The van der Waals surface area contributed by atoms with Gasteiger partial charge in [-0.1, -0.05) is 19.9 Å². The van der Waals surface area contributed by atoms with Crippen LogP contribution in [0.1, 0.15) is 20.3 Å². The Morgan fingerprint density at radius 1 is 1.22 bits per heavy atom. The molecule has 3 rings (SSSR count). The van der Waals surface area contributed by atoms with E-state index in [0.717, 1.165) is 42.7 Å². The minimum Gasteiger partial charge on any atom is -0.478 e. The molecule has 1 aromatic carbocycles. The summed E-state index contributed by atoms with van der Waals surface area (Å²) >= 11 is 0. The van der Waals surface area contributed by atoms with E-state index >= 15 is 0 Å². The molecule has 0 aliphatic rings. The molecule has 0 saturated heterocycles. The van der Waals surface area contributed by atoms with E-state index in [1.165, 1.54) is 0 Å². The topological polar surface area (TPSA) is 83.1 Å². The van der Waals surface area contributed by atoms with Gasteiger partial charge in [0, 0.05) is 24.4 Å². The van der Waals surface area contributed by atoms with Gasteiger partial charge in [0.05, 0.1) is 17.8 Å². The molecule has 2 aromatic heterocycles. The van der Waals surface area contributed by atoms with Crippen molar-refractivity contribution in [1.82, 2.24) is 19.9 Å². The van der Waals surface area contributed by atoms with E-state index in [9.17, 15) is 4.79 Å². The van der Waals surface area contributed by atoms with Gasteiger partial charge in [-0.2, -0.15) is 0 Å². The smallest absolute Gasteiger partial charge is 0.213 e. The second kappa shape index (κ2) is 9.14. The van der Waals surface area contributed by atoms with Gasteiger partial charge < -0.3 is 19.9 Å². The lowest BCUT2D eigenvalue weighted by molar-refractivity contribution is -0.105. The van der Waals surface area contributed by atoms with Crippen molar-refractivity contribution in [3.05, 3.63) is 36.5 Å². The van der Waals surface area contributed by atoms with Crippen LogP contribution in [0.5, 0.6) is 5.88 Å². The van der Waals surface area contributed by atoms with Crippen LogP contribution in [0.3, 0.4) is 0 Å². The van der Waals surface area contributed by atoms with Gasteiger partial charge in [-0.3, -0.25) is 4.79 Å². The van der Waals surface area contributed by atoms with Gasteiger partial charge in [0.2, 0.25) is 12.3 Å². The Kier molecular flexibility index (Phi) is 6.38. The van der Waals surface area contributed by atoms with Crippen LogP contribution >= 0.6 is 0 Å². The van der Waals surface area contributed by atoms with Crippen LogP contribution in [0.25, 0.3) is 22.4 Å². The molecule has 0 atom stereocenters.